The fourth-order valence-corrected chi connectivity index (χ4v) is 5.17. The molecule has 0 fully saturated rings. The van der Waals surface area contributed by atoms with Crippen LogP contribution < -0.4 is 0 Å². The molecule has 0 heterocycles. The van der Waals surface area contributed by atoms with Crippen LogP contribution in [0.4, 0.5) is 0 Å². The Balaban J connectivity index is 2.81. The van der Waals surface area contributed by atoms with Gasteiger partial charge in [0.1, 0.15) is 7.95 Å². The molecule has 0 aliphatic carbocycles. The van der Waals surface area contributed by atoms with Gasteiger partial charge in [-0.05, 0) is 0 Å². The summed E-state index contributed by atoms with van der Waals surface area (Å²) in [6, 6.07) is 0. The van der Waals surface area contributed by atoms with Crippen molar-refractivity contribution in [2.45, 2.75) is 13.1 Å². The number of hydrogen-bond acceptors (Lipinski definition) is 2. The van der Waals surface area contributed by atoms with E-state index >= 15 is 0 Å². The molecule has 0 N–H and O–H groups in total. The van der Waals surface area contributed by atoms with Gasteiger partial charge in [0.05, 0.1) is 0 Å². The van der Waals surface area contributed by atoms with Crippen LogP contribution in [0.15, 0.2) is 12.7 Å². The molecule has 0 radical (unpaired) electrons. The van der Waals surface area contributed by atoms with Crippen LogP contribution in [0.2, 0.25) is 13.1 Å². The summed E-state index contributed by atoms with van der Waals surface area (Å²) in [6.45, 7) is 8.31. The molecular formula is C5H12S2Si. The van der Waals surface area contributed by atoms with Crippen LogP contribution in [0, 0.1) is 0 Å². The first-order valence-corrected chi connectivity index (χ1v) is 8.77. The van der Waals surface area contributed by atoms with Crippen molar-refractivity contribution >= 4 is 29.0 Å². The molecule has 0 aliphatic heterocycles. The van der Waals surface area contributed by atoms with Crippen LogP contribution in [0.3, 0.4) is 0 Å². The van der Waals surface area contributed by atoms with Crippen molar-refractivity contribution in [1.29, 1.82) is 0 Å². The SMILES string of the molecule is C=CCSS[SiH](C)C. The Labute approximate surface area is 60.8 Å². The van der Waals surface area contributed by atoms with E-state index in [1.165, 1.54) is 0 Å². The van der Waals surface area contributed by atoms with Crippen LogP contribution in [0.5, 0.6) is 0 Å². The third-order valence-corrected chi connectivity index (χ3v) is 8.00. The Hall–Kier alpha value is 0.657. The van der Waals surface area contributed by atoms with E-state index in [4.69, 9.17) is 0 Å². The molecule has 0 aromatic rings. The van der Waals surface area contributed by atoms with E-state index in [1.807, 2.05) is 27.1 Å². The fraction of sp³-hybridized carbons (Fsp3) is 0.600. The Bertz CT molecular complexity index is 63.4. The van der Waals surface area contributed by atoms with Gasteiger partial charge in [0.15, 0.2) is 0 Å². The molecule has 0 aromatic carbocycles. The zero-order valence-electron chi connectivity index (χ0n) is 5.39. The minimum Gasteiger partial charge on any atom is -0.125 e. The number of rotatable bonds is 4. The van der Waals surface area contributed by atoms with Crippen molar-refractivity contribution in [3.8, 4) is 0 Å². The molecule has 0 saturated carbocycles. The average molecular weight is 164 g/mol. The number of hydrogen-bond donors (Lipinski definition) is 0. The molecule has 3 heteroatoms. The summed E-state index contributed by atoms with van der Waals surface area (Å²) >= 11 is 0. The standard InChI is InChI=1S/C5H12S2Si/c1-4-5-6-7-8(2)3/h4,8H,1,5H2,2-3H3. The highest BCUT2D eigenvalue weighted by atomic mass is 33.2. The molecule has 0 aliphatic rings. The van der Waals surface area contributed by atoms with E-state index in [0.717, 1.165) is 5.75 Å². The molecule has 8 heavy (non-hydrogen) atoms. The molecule has 48 valence electrons. The molecule has 0 saturated heterocycles. The lowest BCUT2D eigenvalue weighted by Crippen LogP contribution is -1.87. The minimum atomic E-state index is -0.370. The summed E-state index contributed by atoms with van der Waals surface area (Å²) in [6.07, 6.45) is 1.95. The summed E-state index contributed by atoms with van der Waals surface area (Å²) in [5, 5.41) is 0. The zero-order chi connectivity index (χ0) is 6.41. The first-order chi connectivity index (χ1) is 3.77. The van der Waals surface area contributed by atoms with Crippen LogP contribution in [0.1, 0.15) is 0 Å². The lowest BCUT2D eigenvalue weighted by atomic mass is 10.8. The summed E-state index contributed by atoms with van der Waals surface area (Å²) in [4.78, 5) is 0. The van der Waals surface area contributed by atoms with E-state index in [2.05, 4.69) is 19.7 Å². The van der Waals surface area contributed by atoms with Gasteiger partial charge in [0, 0.05) is 5.75 Å². The van der Waals surface area contributed by atoms with Crippen LogP contribution in [-0.4, -0.2) is 13.7 Å². The van der Waals surface area contributed by atoms with Crippen LogP contribution >= 0.6 is 21.0 Å². The average Bonchev–Trinajstić information content (AvgIpc) is 1.66. The largest absolute Gasteiger partial charge is 0.125 e. The Morgan fingerprint density at radius 3 is 2.62 bits per heavy atom. The molecule has 0 rings (SSSR count). The maximum atomic E-state index is 3.64. The van der Waals surface area contributed by atoms with Gasteiger partial charge in [-0.15, -0.1) is 16.8 Å². The molecule has 0 aromatic heterocycles. The normalized spacial score (nSPS) is 9.88. The predicted octanol–water partition coefficient (Wildman–Crippen LogP) is 2.54. The van der Waals surface area contributed by atoms with Gasteiger partial charge in [-0.3, -0.25) is 0 Å². The highest BCUT2D eigenvalue weighted by molar-refractivity contribution is 8.86. The Morgan fingerprint density at radius 1 is 1.62 bits per heavy atom. The molecule has 0 spiro atoms. The van der Waals surface area contributed by atoms with Gasteiger partial charge in [-0.2, -0.15) is 0 Å². The smallest absolute Gasteiger partial charge is 0.109 e. The monoisotopic (exact) mass is 164 g/mol. The van der Waals surface area contributed by atoms with E-state index in [-0.39, 0.29) is 7.95 Å². The van der Waals surface area contributed by atoms with E-state index in [9.17, 15) is 0 Å². The lowest BCUT2D eigenvalue weighted by molar-refractivity contribution is 1.84. The van der Waals surface area contributed by atoms with E-state index in [0.29, 0.717) is 0 Å². The molecule has 0 amide bonds. The molecule has 0 unspecified atom stereocenters. The van der Waals surface area contributed by atoms with Gasteiger partial charge in [0.2, 0.25) is 0 Å². The Morgan fingerprint density at radius 2 is 2.25 bits per heavy atom. The third kappa shape index (κ3) is 6.66. The Kier molecular flexibility index (Phi) is 6.26. The van der Waals surface area contributed by atoms with Crippen molar-refractivity contribution < 1.29 is 0 Å². The van der Waals surface area contributed by atoms with Gasteiger partial charge < -0.3 is 0 Å². The van der Waals surface area contributed by atoms with E-state index in [1.54, 1.807) is 0 Å². The highest BCUT2D eigenvalue weighted by Gasteiger charge is 1.92. The second-order valence-electron chi connectivity index (χ2n) is 1.72. The van der Waals surface area contributed by atoms with Crippen molar-refractivity contribution in [3.05, 3.63) is 12.7 Å². The van der Waals surface area contributed by atoms with Gasteiger partial charge in [-0.25, -0.2) is 0 Å². The first-order valence-electron chi connectivity index (χ1n) is 2.66. The van der Waals surface area contributed by atoms with Gasteiger partial charge in [0.25, 0.3) is 0 Å². The maximum Gasteiger partial charge on any atom is 0.109 e. The summed E-state index contributed by atoms with van der Waals surface area (Å²) in [7, 11) is 3.59. The predicted molar refractivity (Wildman–Crippen MR) is 49.1 cm³/mol. The summed E-state index contributed by atoms with van der Waals surface area (Å²) in [5.74, 6) is 1.09. The summed E-state index contributed by atoms with van der Waals surface area (Å²) < 4.78 is 0. The van der Waals surface area contributed by atoms with E-state index < -0.39 is 0 Å². The molecular weight excluding hydrogens is 152 g/mol. The third-order valence-electron chi connectivity index (χ3n) is 0.446. The highest BCUT2D eigenvalue weighted by Crippen LogP contribution is 2.23. The fourth-order valence-electron chi connectivity index (χ4n) is 0.223. The second-order valence-corrected chi connectivity index (χ2v) is 10.4. The summed E-state index contributed by atoms with van der Waals surface area (Å²) in [5.41, 5.74) is 0. The van der Waals surface area contributed by atoms with Crippen LogP contribution in [-0.2, 0) is 0 Å². The van der Waals surface area contributed by atoms with Crippen molar-refractivity contribution in [2.75, 3.05) is 5.75 Å². The maximum absolute atomic E-state index is 3.64. The first kappa shape index (κ1) is 8.66. The minimum absolute atomic E-state index is 0.370. The van der Waals surface area contributed by atoms with Crippen LogP contribution in [0.25, 0.3) is 0 Å². The van der Waals surface area contributed by atoms with Gasteiger partial charge in [-0.1, -0.05) is 30.0 Å². The second kappa shape index (κ2) is 5.79. The van der Waals surface area contributed by atoms with Crippen molar-refractivity contribution in [2.24, 2.45) is 0 Å². The van der Waals surface area contributed by atoms with Crippen molar-refractivity contribution in [3.63, 3.8) is 0 Å². The zero-order valence-corrected chi connectivity index (χ0v) is 8.17. The quantitative estimate of drug-likeness (QED) is 0.271. The molecule has 0 nitrogen and oxygen atoms in total. The topological polar surface area (TPSA) is 0 Å². The lowest BCUT2D eigenvalue weighted by Gasteiger charge is -1.97. The van der Waals surface area contributed by atoms with Crippen molar-refractivity contribution in [1.82, 2.24) is 0 Å². The molecule has 0 bridgehead atoms. The molecule has 0 atom stereocenters. The van der Waals surface area contributed by atoms with Gasteiger partial charge >= 0.3 is 0 Å².